The lowest BCUT2D eigenvalue weighted by Crippen LogP contribution is -2.26. The number of hydrogen-bond donors (Lipinski definition) is 1. The van der Waals surface area contributed by atoms with Crippen molar-refractivity contribution >= 4 is 28.5 Å². The van der Waals surface area contributed by atoms with Crippen molar-refractivity contribution in [3.05, 3.63) is 59.2 Å². The van der Waals surface area contributed by atoms with E-state index in [4.69, 9.17) is 20.9 Å². The van der Waals surface area contributed by atoms with E-state index in [1.54, 1.807) is 12.1 Å². The van der Waals surface area contributed by atoms with Crippen LogP contribution in [0.5, 0.6) is 5.75 Å². The van der Waals surface area contributed by atoms with Crippen molar-refractivity contribution in [3.63, 3.8) is 0 Å². The molecule has 0 atom stereocenters. The van der Waals surface area contributed by atoms with Crippen LogP contribution in [-0.2, 0) is 11.2 Å². The number of rotatable bonds is 8. The fraction of sp³-hybridized carbons (Fsp3) is 0.263. The number of carbonyl (C=O) groups excluding carboxylic acids is 1. The average Bonchev–Trinajstić information content (AvgIpc) is 3.02. The molecule has 2 aromatic carbocycles. The van der Waals surface area contributed by atoms with Gasteiger partial charge in [0.25, 0.3) is 0 Å². The molecule has 0 unspecified atom stereocenters. The maximum Gasteiger partial charge on any atom is 0.226 e. The van der Waals surface area contributed by atoms with Gasteiger partial charge in [-0.3, -0.25) is 4.79 Å². The summed E-state index contributed by atoms with van der Waals surface area (Å²) >= 11 is 5.82. The molecule has 0 aliphatic heterocycles. The molecular formula is C19H19ClN2O3. The molecule has 1 N–H and O–H groups in total. The van der Waals surface area contributed by atoms with Gasteiger partial charge in [0.05, 0.1) is 13.0 Å². The number of hydrogen-bond acceptors (Lipinski definition) is 4. The molecule has 6 heteroatoms. The van der Waals surface area contributed by atoms with Crippen LogP contribution in [-0.4, -0.2) is 24.2 Å². The highest BCUT2D eigenvalue weighted by atomic mass is 35.5. The van der Waals surface area contributed by atoms with Crippen LogP contribution in [0.4, 0.5) is 0 Å². The van der Waals surface area contributed by atoms with Crippen molar-refractivity contribution in [1.29, 1.82) is 0 Å². The molecule has 1 heterocycles. The summed E-state index contributed by atoms with van der Waals surface area (Å²) in [5.41, 5.74) is 1.36. The van der Waals surface area contributed by atoms with Gasteiger partial charge in [-0.2, -0.15) is 0 Å². The van der Waals surface area contributed by atoms with Crippen LogP contribution in [0.15, 0.2) is 53.1 Å². The first kappa shape index (κ1) is 17.3. The Morgan fingerprint density at radius 3 is 2.76 bits per heavy atom. The van der Waals surface area contributed by atoms with Crippen LogP contribution in [0.3, 0.4) is 0 Å². The fourth-order valence-electron chi connectivity index (χ4n) is 2.46. The highest BCUT2D eigenvalue weighted by molar-refractivity contribution is 6.30. The zero-order valence-corrected chi connectivity index (χ0v) is 14.5. The van der Waals surface area contributed by atoms with E-state index in [2.05, 4.69) is 10.5 Å². The predicted molar refractivity (Wildman–Crippen MR) is 96.9 cm³/mol. The van der Waals surface area contributed by atoms with E-state index in [1.807, 2.05) is 36.4 Å². The molecule has 1 amide bonds. The van der Waals surface area contributed by atoms with Gasteiger partial charge in [0.15, 0.2) is 5.58 Å². The number of halogens is 1. The van der Waals surface area contributed by atoms with Crippen LogP contribution in [0.1, 0.15) is 18.5 Å². The summed E-state index contributed by atoms with van der Waals surface area (Å²) in [5, 5.41) is 8.44. The smallest absolute Gasteiger partial charge is 0.226 e. The Kier molecular flexibility index (Phi) is 5.90. The Hall–Kier alpha value is -2.53. The Morgan fingerprint density at radius 2 is 1.92 bits per heavy atom. The average molecular weight is 359 g/mol. The second-order valence-electron chi connectivity index (χ2n) is 5.66. The highest BCUT2D eigenvalue weighted by Gasteiger charge is 2.11. The lowest BCUT2D eigenvalue weighted by Gasteiger charge is -2.07. The molecule has 0 aliphatic rings. The Morgan fingerprint density at radius 1 is 1.12 bits per heavy atom. The first-order valence-corrected chi connectivity index (χ1v) is 8.58. The zero-order chi connectivity index (χ0) is 17.5. The number of fused-ring (bicyclic) bond motifs is 1. The number of aromatic nitrogens is 1. The minimum atomic E-state index is -0.0577. The molecule has 25 heavy (non-hydrogen) atoms. The van der Waals surface area contributed by atoms with Gasteiger partial charge in [0.2, 0.25) is 5.91 Å². The molecule has 0 fully saturated rings. The monoisotopic (exact) mass is 358 g/mol. The van der Waals surface area contributed by atoms with Crippen molar-refractivity contribution in [3.8, 4) is 5.75 Å². The number of nitrogens with zero attached hydrogens (tertiary/aromatic N) is 1. The summed E-state index contributed by atoms with van der Waals surface area (Å²) in [6.45, 7) is 1.21. The summed E-state index contributed by atoms with van der Waals surface area (Å²) < 4.78 is 10.8. The van der Waals surface area contributed by atoms with Crippen LogP contribution < -0.4 is 10.1 Å². The van der Waals surface area contributed by atoms with E-state index in [0.29, 0.717) is 29.5 Å². The number of unbranched alkanes of at least 4 members (excludes halogenated alkanes) is 1. The third kappa shape index (κ3) is 4.97. The predicted octanol–water partition coefficient (Wildman–Crippen LogP) is 4.00. The van der Waals surface area contributed by atoms with Crippen molar-refractivity contribution in [1.82, 2.24) is 10.5 Å². The topological polar surface area (TPSA) is 64.4 Å². The molecule has 1 aromatic heterocycles. The molecule has 0 spiro atoms. The summed E-state index contributed by atoms with van der Waals surface area (Å²) in [4.78, 5) is 12.0. The first-order valence-electron chi connectivity index (χ1n) is 8.21. The van der Waals surface area contributed by atoms with Gasteiger partial charge in [0, 0.05) is 17.0 Å². The molecule has 0 saturated carbocycles. The SMILES string of the molecule is O=C(Cc1noc2ccccc12)NCCCCOc1ccc(Cl)cc1. The summed E-state index contributed by atoms with van der Waals surface area (Å²) in [7, 11) is 0. The van der Waals surface area contributed by atoms with E-state index in [-0.39, 0.29) is 12.3 Å². The summed E-state index contributed by atoms with van der Waals surface area (Å²) in [6, 6.07) is 14.8. The minimum Gasteiger partial charge on any atom is -0.494 e. The Bertz CT molecular complexity index is 830. The molecule has 0 bridgehead atoms. The normalized spacial score (nSPS) is 10.8. The molecule has 0 saturated heterocycles. The van der Waals surface area contributed by atoms with Gasteiger partial charge in [0.1, 0.15) is 11.4 Å². The van der Waals surface area contributed by atoms with Gasteiger partial charge >= 0.3 is 0 Å². The lowest BCUT2D eigenvalue weighted by molar-refractivity contribution is -0.120. The van der Waals surface area contributed by atoms with Crippen LogP contribution in [0, 0.1) is 0 Å². The van der Waals surface area contributed by atoms with E-state index >= 15 is 0 Å². The second kappa shape index (κ2) is 8.53. The number of benzene rings is 2. The second-order valence-corrected chi connectivity index (χ2v) is 6.10. The lowest BCUT2D eigenvalue weighted by atomic mass is 10.1. The third-order valence-electron chi connectivity index (χ3n) is 3.76. The zero-order valence-electron chi connectivity index (χ0n) is 13.7. The van der Waals surface area contributed by atoms with Crippen molar-refractivity contribution in [2.45, 2.75) is 19.3 Å². The standard InChI is InChI=1S/C19H19ClN2O3/c20-14-7-9-15(10-8-14)24-12-4-3-11-21-19(23)13-17-16-5-1-2-6-18(16)25-22-17/h1-2,5-10H,3-4,11-13H2,(H,21,23). The Balaban J connectivity index is 1.33. The first-order chi connectivity index (χ1) is 12.2. The van der Waals surface area contributed by atoms with Crippen LogP contribution in [0.25, 0.3) is 11.0 Å². The molecule has 0 aliphatic carbocycles. The maximum atomic E-state index is 12.0. The molecule has 5 nitrogen and oxygen atoms in total. The van der Waals surface area contributed by atoms with Gasteiger partial charge in [-0.1, -0.05) is 28.9 Å². The van der Waals surface area contributed by atoms with E-state index in [1.165, 1.54) is 0 Å². The number of nitrogens with one attached hydrogen (secondary N) is 1. The maximum absolute atomic E-state index is 12.0. The number of carbonyl (C=O) groups is 1. The minimum absolute atomic E-state index is 0.0577. The van der Waals surface area contributed by atoms with E-state index in [9.17, 15) is 4.79 Å². The van der Waals surface area contributed by atoms with Crippen molar-refractivity contribution in [2.75, 3.05) is 13.2 Å². The van der Waals surface area contributed by atoms with Crippen molar-refractivity contribution in [2.24, 2.45) is 0 Å². The third-order valence-corrected chi connectivity index (χ3v) is 4.01. The molecule has 0 radical (unpaired) electrons. The molecule has 130 valence electrons. The Labute approximate surface area is 150 Å². The van der Waals surface area contributed by atoms with Crippen LogP contribution >= 0.6 is 11.6 Å². The van der Waals surface area contributed by atoms with E-state index in [0.717, 1.165) is 24.0 Å². The fourth-order valence-corrected chi connectivity index (χ4v) is 2.58. The van der Waals surface area contributed by atoms with Gasteiger partial charge in [-0.25, -0.2) is 0 Å². The number of para-hydroxylation sites is 1. The highest BCUT2D eigenvalue weighted by Crippen LogP contribution is 2.18. The van der Waals surface area contributed by atoms with Crippen LogP contribution in [0.2, 0.25) is 5.02 Å². The van der Waals surface area contributed by atoms with Gasteiger partial charge < -0.3 is 14.6 Å². The molecule has 3 aromatic rings. The molecular weight excluding hydrogens is 340 g/mol. The number of amides is 1. The van der Waals surface area contributed by atoms with E-state index < -0.39 is 0 Å². The van der Waals surface area contributed by atoms with Crippen molar-refractivity contribution < 1.29 is 14.1 Å². The summed E-state index contributed by atoms with van der Waals surface area (Å²) in [6.07, 6.45) is 1.92. The van der Waals surface area contributed by atoms with Gasteiger partial charge in [-0.05, 0) is 49.2 Å². The molecule has 3 rings (SSSR count). The quantitative estimate of drug-likeness (QED) is 0.618. The number of ether oxygens (including phenoxy) is 1. The largest absolute Gasteiger partial charge is 0.494 e. The summed E-state index contributed by atoms with van der Waals surface area (Å²) in [5.74, 6) is 0.740. The van der Waals surface area contributed by atoms with Gasteiger partial charge in [-0.15, -0.1) is 0 Å².